The van der Waals surface area contributed by atoms with Crippen molar-refractivity contribution in [3.05, 3.63) is 59.3 Å². The minimum absolute atomic E-state index is 0.189. The summed E-state index contributed by atoms with van der Waals surface area (Å²) in [5, 5.41) is 2.69. The Morgan fingerprint density at radius 2 is 1.76 bits per heavy atom. The van der Waals surface area contributed by atoms with Crippen molar-refractivity contribution in [1.29, 1.82) is 0 Å². The van der Waals surface area contributed by atoms with Gasteiger partial charge in [-0.2, -0.15) is 13.2 Å². The van der Waals surface area contributed by atoms with E-state index in [0.717, 1.165) is 36.6 Å². The predicted molar refractivity (Wildman–Crippen MR) is 88.3 cm³/mol. The third-order valence-electron chi connectivity index (χ3n) is 4.17. The van der Waals surface area contributed by atoms with Gasteiger partial charge in [-0.3, -0.25) is 4.79 Å². The highest BCUT2D eigenvalue weighted by atomic mass is 19.4. The van der Waals surface area contributed by atoms with Crippen LogP contribution < -0.4 is 10.2 Å². The van der Waals surface area contributed by atoms with Crippen LogP contribution in [0.1, 0.15) is 34.3 Å². The van der Waals surface area contributed by atoms with Gasteiger partial charge in [-0.25, -0.2) is 4.98 Å². The first-order valence-electron chi connectivity index (χ1n) is 8.09. The molecule has 0 atom stereocenters. The number of halogens is 3. The van der Waals surface area contributed by atoms with Crippen LogP contribution >= 0.6 is 0 Å². The fourth-order valence-electron chi connectivity index (χ4n) is 2.75. The minimum Gasteiger partial charge on any atom is -0.357 e. The summed E-state index contributed by atoms with van der Waals surface area (Å²) in [6.07, 6.45) is -0.350. The lowest BCUT2D eigenvalue weighted by molar-refractivity contribution is -0.137. The standard InChI is InChI=1S/C18H18F3N3O/c19-18(20,21)15-6-4-14(5-7-15)17(25)23-12-13-3-8-16(22-11-13)24-9-1-2-10-24/h3-8,11H,1-2,9-10,12H2,(H,23,25). The molecule has 1 N–H and O–H groups in total. The Hall–Kier alpha value is -2.57. The zero-order valence-corrected chi connectivity index (χ0v) is 13.5. The van der Waals surface area contributed by atoms with Crippen LogP contribution in [-0.2, 0) is 12.7 Å². The summed E-state index contributed by atoms with van der Waals surface area (Å²) in [6, 6.07) is 7.97. The number of benzene rings is 1. The second-order valence-electron chi connectivity index (χ2n) is 5.98. The topological polar surface area (TPSA) is 45.2 Å². The summed E-state index contributed by atoms with van der Waals surface area (Å²) >= 11 is 0. The summed E-state index contributed by atoms with van der Waals surface area (Å²) in [4.78, 5) is 18.6. The molecule has 0 unspecified atom stereocenters. The van der Waals surface area contributed by atoms with Crippen LogP contribution in [0.3, 0.4) is 0 Å². The van der Waals surface area contributed by atoms with E-state index in [2.05, 4.69) is 15.2 Å². The molecule has 3 rings (SSSR count). The van der Waals surface area contributed by atoms with Crippen molar-refractivity contribution in [1.82, 2.24) is 10.3 Å². The van der Waals surface area contributed by atoms with E-state index < -0.39 is 17.6 Å². The minimum atomic E-state index is -4.40. The van der Waals surface area contributed by atoms with Gasteiger partial charge in [0.1, 0.15) is 5.82 Å². The van der Waals surface area contributed by atoms with Crippen LogP contribution in [0.2, 0.25) is 0 Å². The fraction of sp³-hybridized carbons (Fsp3) is 0.333. The maximum absolute atomic E-state index is 12.5. The number of pyridine rings is 1. The van der Waals surface area contributed by atoms with Crippen molar-refractivity contribution < 1.29 is 18.0 Å². The maximum atomic E-state index is 12.5. The first-order chi connectivity index (χ1) is 11.9. The van der Waals surface area contributed by atoms with Crippen molar-refractivity contribution in [2.45, 2.75) is 25.6 Å². The molecule has 0 saturated carbocycles. The molecule has 132 valence electrons. The predicted octanol–water partition coefficient (Wildman–Crippen LogP) is 3.63. The second-order valence-corrected chi connectivity index (χ2v) is 5.98. The van der Waals surface area contributed by atoms with Gasteiger partial charge in [0.05, 0.1) is 5.56 Å². The van der Waals surface area contributed by atoms with E-state index >= 15 is 0 Å². The molecule has 25 heavy (non-hydrogen) atoms. The van der Waals surface area contributed by atoms with Gasteiger partial charge >= 0.3 is 6.18 Å². The number of nitrogens with one attached hydrogen (secondary N) is 1. The number of aromatic nitrogens is 1. The van der Waals surface area contributed by atoms with E-state index in [4.69, 9.17) is 0 Å². The van der Waals surface area contributed by atoms with Crippen molar-refractivity contribution in [2.24, 2.45) is 0 Å². The number of nitrogens with zero attached hydrogens (tertiary/aromatic N) is 2. The average molecular weight is 349 g/mol. The molecule has 1 saturated heterocycles. The lowest BCUT2D eigenvalue weighted by Gasteiger charge is -2.16. The van der Waals surface area contributed by atoms with Crippen LogP contribution in [-0.4, -0.2) is 24.0 Å². The first kappa shape index (κ1) is 17.3. The number of amides is 1. The molecule has 1 aromatic carbocycles. The van der Waals surface area contributed by atoms with Gasteiger partial charge in [-0.1, -0.05) is 6.07 Å². The molecule has 2 aromatic rings. The first-order valence-corrected chi connectivity index (χ1v) is 8.09. The quantitative estimate of drug-likeness (QED) is 0.917. The molecule has 1 aromatic heterocycles. The highest BCUT2D eigenvalue weighted by Gasteiger charge is 2.30. The van der Waals surface area contributed by atoms with Crippen molar-refractivity contribution in [3.8, 4) is 0 Å². The monoisotopic (exact) mass is 349 g/mol. The Morgan fingerprint density at radius 1 is 1.08 bits per heavy atom. The van der Waals surface area contributed by atoms with Gasteiger partial charge in [-0.15, -0.1) is 0 Å². The number of carbonyl (C=O) groups is 1. The summed E-state index contributed by atoms with van der Waals surface area (Å²) < 4.78 is 37.6. The molecule has 7 heteroatoms. The highest BCUT2D eigenvalue weighted by molar-refractivity contribution is 5.94. The molecule has 0 spiro atoms. The molecule has 1 fully saturated rings. The Balaban J connectivity index is 1.56. The largest absolute Gasteiger partial charge is 0.416 e. The molecule has 1 aliphatic heterocycles. The number of rotatable bonds is 4. The Morgan fingerprint density at radius 3 is 2.32 bits per heavy atom. The summed E-state index contributed by atoms with van der Waals surface area (Å²) in [5.41, 5.74) is 0.253. The van der Waals surface area contributed by atoms with Crippen molar-refractivity contribution in [3.63, 3.8) is 0 Å². The van der Waals surface area contributed by atoms with Gasteiger partial charge in [0.25, 0.3) is 5.91 Å². The van der Waals surface area contributed by atoms with Crippen LogP contribution in [0.25, 0.3) is 0 Å². The molecule has 4 nitrogen and oxygen atoms in total. The zero-order chi connectivity index (χ0) is 17.9. The smallest absolute Gasteiger partial charge is 0.357 e. The van der Waals surface area contributed by atoms with Gasteiger partial charge < -0.3 is 10.2 Å². The molecular formula is C18H18F3N3O. The fourth-order valence-corrected chi connectivity index (χ4v) is 2.75. The van der Waals surface area contributed by atoms with Crippen molar-refractivity contribution in [2.75, 3.05) is 18.0 Å². The molecule has 0 bridgehead atoms. The van der Waals surface area contributed by atoms with E-state index in [-0.39, 0.29) is 12.1 Å². The summed E-state index contributed by atoms with van der Waals surface area (Å²) in [7, 11) is 0. The highest BCUT2D eigenvalue weighted by Crippen LogP contribution is 2.29. The summed E-state index contributed by atoms with van der Waals surface area (Å²) in [6.45, 7) is 2.29. The van der Waals surface area contributed by atoms with E-state index in [9.17, 15) is 18.0 Å². The van der Waals surface area contributed by atoms with Crippen LogP contribution in [0.15, 0.2) is 42.6 Å². The second kappa shape index (κ2) is 7.13. The Kier molecular flexibility index (Phi) is 4.92. The van der Waals surface area contributed by atoms with Crippen LogP contribution in [0.4, 0.5) is 19.0 Å². The summed E-state index contributed by atoms with van der Waals surface area (Å²) in [5.74, 6) is 0.507. The van der Waals surface area contributed by atoms with Gasteiger partial charge in [0.2, 0.25) is 0 Å². The third kappa shape index (κ3) is 4.29. The lowest BCUT2D eigenvalue weighted by atomic mass is 10.1. The molecule has 0 aliphatic carbocycles. The SMILES string of the molecule is O=C(NCc1ccc(N2CCCC2)nc1)c1ccc(C(F)(F)F)cc1. The van der Waals surface area contributed by atoms with Gasteiger partial charge in [0.15, 0.2) is 0 Å². The normalized spacial score (nSPS) is 14.6. The van der Waals surface area contributed by atoms with Crippen LogP contribution in [0, 0.1) is 0 Å². The third-order valence-corrected chi connectivity index (χ3v) is 4.17. The molecule has 0 radical (unpaired) electrons. The van der Waals surface area contributed by atoms with Gasteiger partial charge in [-0.05, 0) is 48.7 Å². The number of alkyl halides is 3. The van der Waals surface area contributed by atoms with E-state index in [0.29, 0.717) is 0 Å². The van der Waals surface area contributed by atoms with Gasteiger partial charge in [0, 0.05) is 31.4 Å². The molecule has 2 heterocycles. The Labute approximate surface area is 143 Å². The zero-order valence-electron chi connectivity index (χ0n) is 13.5. The molecular weight excluding hydrogens is 331 g/mol. The Bertz CT molecular complexity index is 721. The van der Waals surface area contributed by atoms with E-state index in [1.807, 2.05) is 12.1 Å². The maximum Gasteiger partial charge on any atom is 0.416 e. The number of carbonyl (C=O) groups excluding carboxylic acids is 1. The molecule has 1 amide bonds. The molecule has 1 aliphatic rings. The number of anilines is 1. The van der Waals surface area contributed by atoms with E-state index in [1.165, 1.54) is 25.0 Å². The number of hydrogen-bond donors (Lipinski definition) is 1. The van der Waals surface area contributed by atoms with Crippen molar-refractivity contribution >= 4 is 11.7 Å². The van der Waals surface area contributed by atoms with Crippen LogP contribution in [0.5, 0.6) is 0 Å². The average Bonchev–Trinajstić information content (AvgIpc) is 3.14. The van der Waals surface area contributed by atoms with E-state index in [1.54, 1.807) is 6.20 Å². The lowest BCUT2D eigenvalue weighted by Crippen LogP contribution is -2.23. The number of hydrogen-bond acceptors (Lipinski definition) is 3.